The van der Waals surface area contributed by atoms with Crippen molar-refractivity contribution < 1.29 is 14.1 Å². The number of nitrogens with zero attached hydrogens (tertiary/aromatic N) is 1. The van der Waals surface area contributed by atoms with Gasteiger partial charge in [0, 0.05) is 24.2 Å². The van der Waals surface area contributed by atoms with Crippen LogP contribution in [0.2, 0.25) is 0 Å². The van der Waals surface area contributed by atoms with Crippen LogP contribution in [0.1, 0.15) is 28.8 Å². The molecule has 1 aromatic rings. The smallest absolute Gasteiger partial charge is 0.270 e. The minimum Gasteiger partial charge on any atom is -0.349 e. The number of hydrogen-bond donors (Lipinski definition) is 2. The Hall–Kier alpha value is -2.02. The number of carbonyl (C=O) groups is 1. The summed E-state index contributed by atoms with van der Waals surface area (Å²) in [6.07, 6.45) is 1.28. The van der Waals surface area contributed by atoms with E-state index in [0.29, 0.717) is 12.8 Å². The first kappa shape index (κ1) is 13.4. The van der Waals surface area contributed by atoms with Crippen LogP contribution in [0.3, 0.4) is 0 Å². The third-order valence-corrected chi connectivity index (χ3v) is 3.20. The van der Waals surface area contributed by atoms with Gasteiger partial charge in [0.1, 0.15) is 5.82 Å². The first-order chi connectivity index (χ1) is 8.88. The second-order valence-electron chi connectivity index (χ2n) is 4.78. The largest absolute Gasteiger partial charge is 0.349 e. The molecule has 1 aliphatic rings. The van der Waals surface area contributed by atoms with Gasteiger partial charge in [0.2, 0.25) is 0 Å². The average molecular weight is 267 g/mol. The van der Waals surface area contributed by atoms with E-state index in [4.69, 9.17) is 5.73 Å². The maximum Gasteiger partial charge on any atom is 0.270 e. The van der Waals surface area contributed by atoms with E-state index in [2.05, 4.69) is 5.32 Å². The Morgan fingerprint density at radius 1 is 1.53 bits per heavy atom. The quantitative estimate of drug-likeness (QED) is 0.636. The summed E-state index contributed by atoms with van der Waals surface area (Å²) >= 11 is 0. The van der Waals surface area contributed by atoms with E-state index in [0.717, 1.165) is 12.1 Å². The number of benzene rings is 1. The predicted octanol–water partition coefficient (Wildman–Crippen LogP) is 1.26. The molecule has 0 unspecified atom stereocenters. The van der Waals surface area contributed by atoms with Crippen LogP contribution in [0.25, 0.3) is 0 Å². The standard InChI is InChI=1S/C12H14FN3O3/c1-6-2-9(16(18)19)5-10(11(6)13)12(17)15-8-3-7(14)4-8/h2,5,7-8H,3-4,14H2,1H3,(H,15,17). The van der Waals surface area contributed by atoms with Crippen molar-refractivity contribution in [2.45, 2.75) is 31.8 Å². The van der Waals surface area contributed by atoms with E-state index in [9.17, 15) is 19.3 Å². The molecule has 0 bridgehead atoms. The highest BCUT2D eigenvalue weighted by Gasteiger charge is 2.29. The zero-order valence-corrected chi connectivity index (χ0v) is 10.4. The van der Waals surface area contributed by atoms with Crippen molar-refractivity contribution in [3.05, 3.63) is 39.2 Å². The number of hydrogen-bond acceptors (Lipinski definition) is 4. The van der Waals surface area contributed by atoms with Crippen molar-refractivity contribution in [1.82, 2.24) is 5.32 Å². The molecule has 1 aromatic carbocycles. The summed E-state index contributed by atoms with van der Waals surface area (Å²) in [5, 5.41) is 13.3. The Labute approximate surface area is 108 Å². The number of halogens is 1. The molecule has 0 atom stereocenters. The molecule has 0 spiro atoms. The number of nitro benzene ring substituents is 1. The summed E-state index contributed by atoms with van der Waals surface area (Å²) in [5.41, 5.74) is 5.06. The molecular weight excluding hydrogens is 253 g/mol. The minimum absolute atomic E-state index is 0.0574. The fourth-order valence-corrected chi connectivity index (χ4v) is 2.06. The maximum atomic E-state index is 13.8. The van der Waals surface area contributed by atoms with E-state index in [1.165, 1.54) is 6.92 Å². The van der Waals surface area contributed by atoms with E-state index >= 15 is 0 Å². The van der Waals surface area contributed by atoms with Gasteiger partial charge in [-0.05, 0) is 25.3 Å². The molecule has 0 saturated heterocycles. The van der Waals surface area contributed by atoms with Crippen molar-refractivity contribution in [1.29, 1.82) is 0 Å². The molecule has 0 aliphatic heterocycles. The number of carbonyl (C=O) groups excluding carboxylic acids is 1. The van der Waals surface area contributed by atoms with Crippen molar-refractivity contribution in [2.75, 3.05) is 0 Å². The van der Waals surface area contributed by atoms with Gasteiger partial charge in [-0.3, -0.25) is 14.9 Å². The van der Waals surface area contributed by atoms with Crippen LogP contribution in [0, 0.1) is 22.9 Å². The minimum atomic E-state index is -0.730. The lowest BCUT2D eigenvalue weighted by molar-refractivity contribution is -0.385. The van der Waals surface area contributed by atoms with Gasteiger partial charge in [0.15, 0.2) is 0 Å². The normalized spacial score (nSPS) is 21.6. The van der Waals surface area contributed by atoms with E-state index in [-0.39, 0.29) is 28.9 Å². The average Bonchev–Trinajstić information content (AvgIpc) is 2.30. The van der Waals surface area contributed by atoms with E-state index in [1.807, 2.05) is 0 Å². The maximum absolute atomic E-state index is 13.8. The Kier molecular flexibility index (Phi) is 3.48. The number of rotatable bonds is 3. The number of nitro groups is 1. The fourth-order valence-electron chi connectivity index (χ4n) is 2.06. The van der Waals surface area contributed by atoms with Crippen molar-refractivity contribution >= 4 is 11.6 Å². The zero-order chi connectivity index (χ0) is 14.2. The third-order valence-electron chi connectivity index (χ3n) is 3.20. The Balaban J connectivity index is 2.22. The van der Waals surface area contributed by atoms with E-state index < -0.39 is 16.6 Å². The van der Waals surface area contributed by atoms with Crippen LogP contribution in [-0.4, -0.2) is 22.9 Å². The molecule has 1 amide bonds. The first-order valence-corrected chi connectivity index (χ1v) is 5.89. The summed E-state index contributed by atoms with van der Waals surface area (Å²) < 4.78 is 13.8. The number of amides is 1. The van der Waals surface area contributed by atoms with Gasteiger partial charge >= 0.3 is 0 Å². The van der Waals surface area contributed by atoms with Crippen molar-refractivity contribution in [3.63, 3.8) is 0 Å². The van der Waals surface area contributed by atoms with Gasteiger partial charge in [-0.1, -0.05) is 0 Å². The fraction of sp³-hybridized carbons (Fsp3) is 0.417. The predicted molar refractivity (Wildman–Crippen MR) is 66.3 cm³/mol. The van der Waals surface area contributed by atoms with E-state index in [1.54, 1.807) is 0 Å². The summed E-state index contributed by atoms with van der Waals surface area (Å²) in [7, 11) is 0. The van der Waals surface area contributed by atoms with Crippen LogP contribution < -0.4 is 11.1 Å². The highest BCUT2D eigenvalue weighted by Crippen LogP contribution is 2.23. The molecule has 7 heteroatoms. The molecular formula is C12H14FN3O3. The lowest BCUT2D eigenvalue weighted by Crippen LogP contribution is -2.50. The second kappa shape index (κ2) is 4.93. The molecule has 6 nitrogen and oxygen atoms in total. The monoisotopic (exact) mass is 267 g/mol. The topological polar surface area (TPSA) is 98.3 Å². The molecule has 2 rings (SSSR count). The lowest BCUT2D eigenvalue weighted by atomic mass is 9.87. The Bertz CT molecular complexity index is 541. The summed E-state index contributed by atoms with van der Waals surface area (Å²) in [6.45, 7) is 1.39. The number of nitrogens with one attached hydrogen (secondary N) is 1. The molecule has 3 N–H and O–H groups in total. The van der Waals surface area contributed by atoms with Crippen LogP contribution in [-0.2, 0) is 0 Å². The molecule has 1 aliphatic carbocycles. The molecule has 0 aromatic heterocycles. The summed E-state index contributed by atoms with van der Waals surface area (Å²) in [5.74, 6) is -1.37. The Morgan fingerprint density at radius 2 is 2.16 bits per heavy atom. The third kappa shape index (κ3) is 2.70. The molecule has 0 radical (unpaired) electrons. The highest BCUT2D eigenvalue weighted by molar-refractivity contribution is 5.95. The van der Waals surface area contributed by atoms with Crippen molar-refractivity contribution in [2.24, 2.45) is 5.73 Å². The SMILES string of the molecule is Cc1cc([N+](=O)[O-])cc(C(=O)NC2CC(N)C2)c1F. The number of nitrogens with two attached hydrogens (primary N) is 1. The molecule has 1 saturated carbocycles. The van der Waals surface area contributed by atoms with Gasteiger partial charge in [-0.2, -0.15) is 0 Å². The number of aryl methyl sites for hydroxylation is 1. The summed E-state index contributed by atoms with van der Waals surface area (Å²) in [6, 6.07) is 2.03. The van der Waals surface area contributed by atoms with Gasteiger partial charge in [0.25, 0.3) is 11.6 Å². The van der Waals surface area contributed by atoms with Crippen LogP contribution in [0.15, 0.2) is 12.1 Å². The number of non-ortho nitro benzene ring substituents is 1. The van der Waals surface area contributed by atoms with Gasteiger partial charge in [-0.25, -0.2) is 4.39 Å². The Morgan fingerprint density at radius 3 is 2.68 bits per heavy atom. The van der Waals surface area contributed by atoms with Crippen LogP contribution >= 0.6 is 0 Å². The molecule has 19 heavy (non-hydrogen) atoms. The van der Waals surface area contributed by atoms with Gasteiger partial charge in [0.05, 0.1) is 10.5 Å². The summed E-state index contributed by atoms with van der Waals surface area (Å²) in [4.78, 5) is 21.9. The first-order valence-electron chi connectivity index (χ1n) is 5.89. The van der Waals surface area contributed by atoms with Crippen LogP contribution in [0.5, 0.6) is 0 Å². The van der Waals surface area contributed by atoms with Crippen molar-refractivity contribution in [3.8, 4) is 0 Å². The van der Waals surface area contributed by atoms with Gasteiger partial charge in [-0.15, -0.1) is 0 Å². The lowest BCUT2D eigenvalue weighted by Gasteiger charge is -2.32. The van der Waals surface area contributed by atoms with Gasteiger partial charge < -0.3 is 11.1 Å². The molecule has 0 heterocycles. The highest BCUT2D eigenvalue weighted by atomic mass is 19.1. The van der Waals surface area contributed by atoms with Crippen LogP contribution in [0.4, 0.5) is 10.1 Å². The zero-order valence-electron chi connectivity index (χ0n) is 10.4. The molecule has 102 valence electrons. The second-order valence-corrected chi connectivity index (χ2v) is 4.78. The molecule has 1 fully saturated rings.